The fraction of sp³-hybridized carbons (Fsp3) is 0.406. The normalized spacial score (nSPS) is 26.1. The van der Waals surface area contributed by atoms with Gasteiger partial charge in [0.1, 0.15) is 11.6 Å². The minimum Gasteiger partial charge on any atom is -0.396 e. The minimum atomic E-state index is -1.15. The Labute approximate surface area is 245 Å². The van der Waals surface area contributed by atoms with Crippen LogP contribution in [-0.2, 0) is 25.7 Å². The number of carbonyl (C=O) groups is 3. The molecule has 1 N–H and O–H groups in total. The van der Waals surface area contributed by atoms with E-state index in [0.29, 0.717) is 43.1 Å². The van der Waals surface area contributed by atoms with Gasteiger partial charge in [0.25, 0.3) is 5.91 Å². The van der Waals surface area contributed by atoms with Crippen LogP contribution >= 0.6 is 11.6 Å². The number of rotatable bonds is 12. The van der Waals surface area contributed by atoms with Crippen molar-refractivity contribution < 1.29 is 24.2 Å². The molecule has 0 aliphatic carbocycles. The Hall–Kier alpha value is -3.46. The van der Waals surface area contributed by atoms with Gasteiger partial charge in [0.05, 0.1) is 28.6 Å². The first-order valence-corrected chi connectivity index (χ1v) is 14.4. The van der Waals surface area contributed by atoms with Crippen LogP contribution in [0.5, 0.6) is 0 Å². The van der Waals surface area contributed by atoms with Crippen LogP contribution < -0.4 is 4.90 Å². The molecule has 3 amide bonds. The molecule has 0 saturated carbocycles. The van der Waals surface area contributed by atoms with Crippen LogP contribution in [0.25, 0.3) is 0 Å². The molecular weight excluding hydrogens is 542 g/mol. The molecule has 3 fully saturated rings. The highest BCUT2D eigenvalue weighted by molar-refractivity contribution is 6.34. The summed E-state index contributed by atoms with van der Waals surface area (Å²) in [7, 11) is 0. The first-order chi connectivity index (χ1) is 19.9. The highest BCUT2D eigenvalue weighted by Gasteiger charge is 2.74. The Morgan fingerprint density at radius 1 is 1.07 bits per heavy atom. The Morgan fingerprint density at radius 3 is 2.46 bits per heavy atom. The van der Waals surface area contributed by atoms with Gasteiger partial charge < -0.3 is 24.5 Å². The lowest BCUT2D eigenvalue weighted by Crippen LogP contribution is -2.56. The number of aliphatic hydroxyl groups excluding tert-OH is 1. The summed E-state index contributed by atoms with van der Waals surface area (Å²) < 4.78 is 6.60. The summed E-state index contributed by atoms with van der Waals surface area (Å²) in [6.07, 6.45) is 4.17. The number of likely N-dealkylation sites (tertiary alicyclic amines) is 1. The average Bonchev–Trinajstić information content (AvgIpc) is 3.62. The molecule has 5 rings (SSSR count). The first-order valence-electron chi connectivity index (χ1n) is 14.1. The van der Waals surface area contributed by atoms with E-state index in [9.17, 15) is 19.5 Å². The molecule has 3 heterocycles. The molecule has 2 unspecified atom stereocenters. The molecule has 3 saturated heterocycles. The lowest BCUT2D eigenvalue weighted by Gasteiger charge is -2.37. The maximum absolute atomic E-state index is 14.5. The number of halogens is 1. The van der Waals surface area contributed by atoms with Crippen LogP contribution in [0.4, 0.5) is 5.69 Å². The number of benzene rings is 2. The number of para-hydroxylation sites is 1. The summed E-state index contributed by atoms with van der Waals surface area (Å²) in [6, 6.07) is 15.7. The molecule has 9 heteroatoms. The molecule has 0 aromatic heterocycles. The van der Waals surface area contributed by atoms with E-state index in [4.69, 9.17) is 16.3 Å². The summed E-state index contributed by atoms with van der Waals surface area (Å²) in [5.41, 5.74) is 0.326. The van der Waals surface area contributed by atoms with Crippen molar-refractivity contribution in [1.82, 2.24) is 9.80 Å². The zero-order chi connectivity index (χ0) is 29.1. The lowest BCUT2D eigenvalue weighted by atomic mass is 9.70. The Balaban J connectivity index is 1.52. The van der Waals surface area contributed by atoms with Gasteiger partial charge in [-0.25, -0.2) is 0 Å². The Bertz CT molecular complexity index is 1320. The van der Waals surface area contributed by atoms with Gasteiger partial charge in [0, 0.05) is 32.8 Å². The number of amides is 3. The number of nitrogens with zero attached hydrogens (tertiary/aromatic N) is 3. The predicted octanol–water partition coefficient (Wildman–Crippen LogP) is 3.83. The van der Waals surface area contributed by atoms with Crippen LogP contribution in [0.3, 0.4) is 0 Å². The van der Waals surface area contributed by atoms with Gasteiger partial charge in [-0.2, -0.15) is 0 Å². The van der Waals surface area contributed by atoms with E-state index in [-0.39, 0.29) is 37.4 Å². The summed E-state index contributed by atoms with van der Waals surface area (Å²) in [4.78, 5) is 47.6. The molecule has 41 heavy (non-hydrogen) atoms. The molecule has 5 atom stereocenters. The summed E-state index contributed by atoms with van der Waals surface area (Å²) in [5, 5.41) is 10.0. The number of fused-ring (bicyclic) bond motifs is 1. The fourth-order valence-electron chi connectivity index (χ4n) is 6.85. The van der Waals surface area contributed by atoms with Crippen LogP contribution in [-0.4, -0.2) is 76.6 Å². The minimum absolute atomic E-state index is 0.140. The smallest absolute Gasteiger partial charge is 0.253 e. The second kappa shape index (κ2) is 12.2. The molecular formula is C32H36ClN3O5. The van der Waals surface area contributed by atoms with E-state index in [1.807, 2.05) is 30.3 Å². The van der Waals surface area contributed by atoms with Crippen molar-refractivity contribution in [3.05, 3.63) is 90.5 Å². The van der Waals surface area contributed by atoms with Crippen molar-refractivity contribution in [2.75, 3.05) is 31.1 Å². The van der Waals surface area contributed by atoms with Gasteiger partial charge in [-0.1, -0.05) is 66.2 Å². The number of hydrogen-bond donors (Lipinski definition) is 1. The lowest BCUT2D eigenvalue weighted by molar-refractivity contribution is -0.145. The number of ether oxygens (including phenoxy) is 1. The Morgan fingerprint density at radius 2 is 1.78 bits per heavy atom. The van der Waals surface area contributed by atoms with Crippen molar-refractivity contribution in [3.8, 4) is 0 Å². The number of carbonyl (C=O) groups excluding carboxylic acids is 3. The van der Waals surface area contributed by atoms with E-state index in [1.165, 1.54) is 9.80 Å². The van der Waals surface area contributed by atoms with Crippen molar-refractivity contribution in [2.45, 2.75) is 43.6 Å². The average molecular weight is 578 g/mol. The van der Waals surface area contributed by atoms with Crippen LogP contribution in [0, 0.1) is 11.8 Å². The number of aliphatic hydroxyl groups is 1. The molecule has 3 aliphatic heterocycles. The highest BCUT2D eigenvalue weighted by atomic mass is 35.5. The van der Waals surface area contributed by atoms with Crippen molar-refractivity contribution in [1.29, 1.82) is 0 Å². The fourth-order valence-corrected chi connectivity index (χ4v) is 7.09. The number of anilines is 1. The van der Waals surface area contributed by atoms with Gasteiger partial charge in [-0.05, 0) is 37.0 Å². The predicted molar refractivity (Wildman–Crippen MR) is 157 cm³/mol. The SMILES string of the molecule is C=CCN(Cc1ccccc1)C(=O)[C@@H]1[C@H]2C(=O)N(CCCO)C(C(=O)N(CC=C)c3ccccc3Cl)C23CC[C@H]1O3. The van der Waals surface area contributed by atoms with E-state index < -0.39 is 29.6 Å². The first kappa shape index (κ1) is 29.0. The van der Waals surface area contributed by atoms with Crippen molar-refractivity contribution in [2.24, 2.45) is 11.8 Å². The summed E-state index contributed by atoms with van der Waals surface area (Å²) >= 11 is 6.51. The Kier molecular flexibility index (Phi) is 8.63. The maximum atomic E-state index is 14.5. The zero-order valence-corrected chi connectivity index (χ0v) is 23.8. The zero-order valence-electron chi connectivity index (χ0n) is 23.0. The van der Waals surface area contributed by atoms with E-state index in [2.05, 4.69) is 13.2 Å². The van der Waals surface area contributed by atoms with Gasteiger partial charge in [0.2, 0.25) is 11.8 Å². The molecule has 8 nitrogen and oxygen atoms in total. The molecule has 2 aromatic carbocycles. The molecule has 216 valence electrons. The second-order valence-corrected chi connectivity index (χ2v) is 11.3. The maximum Gasteiger partial charge on any atom is 0.253 e. The molecule has 1 spiro atoms. The molecule has 2 bridgehead atoms. The van der Waals surface area contributed by atoms with Crippen molar-refractivity contribution in [3.63, 3.8) is 0 Å². The van der Waals surface area contributed by atoms with E-state index in [0.717, 1.165) is 5.56 Å². The second-order valence-electron chi connectivity index (χ2n) is 10.8. The van der Waals surface area contributed by atoms with Crippen LogP contribution in [0.2, 0.25) is 5.02 Å². The number of hydrogen-bond acceptors (Lipinski definition) is 5. The topological polar surface area (TPSA) is 90.4 Å². The summed E-state index contributed by atoms with van der Waals surface area (Å²) in [5.74, 6) is -2.33. The van der Waals surface area contributed by atoms with Gasteiger partial charge in [-0.15, -0.1) is 13.2 Å². The molecule has 0 radical (unpaired) electrons. The third-order valence-electron chi connectivity index (χ3n) is 8.47. The van der Waals surface area contributed by atoms with Crippen molar-refractivity contribution >= 4 is 35.0 Å². The van der Waals surface area contributed by atoms with Gasteiger partial charge >= 0.3 is 0 Å². The van der Waals surface area contributed by atoms with Gasteiger partial charge in [-0.3, -0.25) is 14.4 Å². The third-order valence-corrected chi connectivity index (χ3v) is 8.79. The van der Waals surface area contributed by atoms with E-state index >= 15 is 0 Å². The monoisotopic (exact) mass is 577 g/mol. The quantitative estimate of drug-likeness (QED) is 0.387. The molecule has 3 aliphatic rings. The third kappa shape index (κ3) is 5.09. The summed E-state index contributed by atoms with van der Waals surface area (Å²) in [6.45, 7) is 8.57. The standard InChI is InChI=1S/C32H36ClN3O5/c1-3-17-34(21-22-11-6-5-7-12-22)29(38)26-25-15-16-32(41-25)27(26)30(39)36(19-10-20-37)28(32)31(40)35(18-4-2)24-14-9-8-13-23(24)33/h3-9,11-14,25-28,37H,1-2,10,15-21H2/t25-,26+,27+,28?,32?/m1/s1. The van der Waals surface area contributed by atoms with E-state index in [1.54, 1.807) is 41.3 Å². The van der Waals surface area contributed by atoms with Gasteiger partial charge in [0.15, 0.2) is 0 Å². The van der Waals surface area contributed by atoms with Crippen LogP contribution in [0.1, 0.15) is 24.8 Å². The highest BCUT2D eigenvalue weighted by Crippen LogP contribution is 2.59. The molecule has 2 aromatic rings. The van der Waals surface area contributed by atoms with Crippen LogP contribution in [0.15, 0.2) is 79.9 Å². The largest absolute Gasteiger partial charge is 0.396 e.